The molecule has 4 rings (SSSR count). The molecule has 0 spiro atoms. The van der Waals surface area contributed by atoms with Crippen molar-refractivity contribution in [3.05, 3.63) is 83.7 Å². The van der Waals surface area contributed by atoms with Gasteiger partial charge in [0, 0.05) is 16.8 Å². The lowest BCUT2D eigenvalue weighted by Gasteiger charge is -2.07. The number of nitrogens with one attached hydrogen (secondary N) is 1. The first-order valence-electron chi connectivity index (χ1n) is 8.37. The summed E-state index contributed by atoms with van der Waals surface area (Å²) >= 11 is 0. The molecule has 0 aliphatic rings. The van der Waals surface area contributed by atoms with Crippen LogP contribution >= 0.6 is 0 Å². The van der Waals surface area contributed by atoms with Crippen molar-refractivity contribution in [3.63, 3.8) is 0 Å². The van der Waals surface area contributed by atoms with Gasteiger partial charge in [-0.3, -0.25) is 4.79 Å². The van der Waals surface area contributed by atoms with Crippen LogP contribution in [0.5, 0.6) is 0 Å². The van der Waals surface area contributed by atoms with Gasteiger partial charge in [-0.1, -0.05) is 18.2 Å². The number of hydrogen-bond acceptors (Lipinski definition) is 3. The number of benzene rings is 3. The minimum absolute atomic E-state index is 0.347. The van der Waals surface area contributed by atoms with Gasteiger partial charge in [0.25, 0.3) is 5.91 Å². The van der Waals surface area contributed by atoms with Crippen LogP contribution in [0.25, 0.3) is 22.4 Å². The first-order chi connectivity index (χ1) is 13.0. The van der Waals surface area contributed by atoms with E-state index in [9.17, 15) is 14.4 Å². The van der Waals surface area contributed by atoms with Crippen molar-refractivity contribution in [1.82, 2.24) is 9.71 Å². The number of halogens is 1. The second-order valence-electron chi connectivity index (χ2n) is 6.28. The van der Waals surface area contributed by atoms with Crippen LogP contribution in [0.15, 0.2) is 66.7 Å². The summed E-state index contributed by atoms with van der Waals surface area (Å²) < 4.78 is 14.0. The summed E-state index contributed by atoms with van der Waals surface area (Å²) in [5.41, 5.74) is 3.87. The van der Waals surface area contributed by atoms with Gasteiger partial charge < -0.3 is 10.5 Å². The number of nitrogens with zero attached hydrogens (tertiary/aromatic N) is 2. The minimum atomic E-state index is -0.398. The highest BCUT2D eigenvalue weighted by Gasteiger charge is 2.13. The van der Waals surface area contributed by atoms with Crippen LogP contribution in [0.3, 0.4) is 0 Å². The highest BCUT2D eigenvalue weighted by atomic mass is 19.1. The Hall–Kier alpha value is -3.67. The SMILES string of the molecule is Cc1ccc2nc(-c3cccc(NC(=O)c4ccc(F)cc4)c3)n(O)c2c1. The number of carbonyl (C=O) groups excluding carboxylic acids is 1. The number of carbonyl (C=O) groups is 1. The molecule has 134 valence electrons. The van der Waals surface area contributed by atoms with Gasteiger partial charge in [0.05, 0.1) is 5.52 Å². The first kappa shape index (κ1) is 16.8. The summed E-state index contributed by atoms with van der Waals surface area (Å²) in [7, 11) is 0. The maximum Gasteiger partial charge on any atom is 0.255 e. The van der Waals surface area contributed by atoms with E-state index < -0.39 is 5.82 Å². The maximum atomic E-state index is 13.0. The zero-order chi connectivity index (χ0) is 19.0. The van der Waals surface area contributed by atoms with Gasteiger partial charge in [-0.15, -0.1) is 0 Å². The van der Waals surface area contributed by atoms with Crippen molar-refractivity contribution < 1.29 is 14.4 Å². The van der Waals surface area contributed by atoms with E-state index in [1.807, 2.05) is 25.1 Å². The fourth-order valence-corrected chi connectivity index (χ4v) is 2.90. The fourth-order valence-electron chi connectivity index (χ4n) is 2.90. The topological polar surface area (TPSA) is 67.2 Å². The number of amides is 1. The van der Waals surface area contributed by atoms with E-state index in [-0.39, 0.29) is 5.91 Å². The third-order valence-corrected chi connectivity index (χ3v) is 4.27. The van der Waals surface area contributed by atoms with Crippen molar-refractivity contribution in [3.8, 4) is 11.4 Å². The Labute approximate surface area is 154 Å². The summed E-state index contributed by atoms with van der Waals surface area (Å²) in [6.07, 6.45) is 0. The molecule has 0 fully saturated rings. The van der Waals surface area contributed by atoms with E-state index in [4.69, 9.17) is 0 Å². The molecule has 0 bridgehead atoms. The Morgan fingerprint density at radius 1 is 1.07 bits per heavy atom. The molecule has 0 unspecified atom stereocenters. The average molecular weight is 361 g/mol. The molecule has 0 saturated heterocycles. The van der Waals surface area contributed by atoms with Crippen molar-refractivity contribution in [2.75, 3.05) is 5.32 Å². The fraction of sp³-hybridized carbons (Fsp3) is 0.0476. The van der Waals surface area contributed by atoms with Crippen LogP contribution < -0.4 is 5.32 Å². The Morgan fingerprint density at radius 3 is 2.63 bits per heavy atom. The molecule has 1 amide bonds. The first-order valence-corrected chi connectivity index (χ1v) is 8.37. The van der Waals surface area contributed by atoms with Crippen LogP contribution in [0, 0.1) is 12.7 Å². The Balaban J connectivity index is 1.66. The minimum Gasteiger partial charge on any atom is -0.426 e. The van der Waals surface area contributed by atoms with Crippen LogP contribution in [-0.2, 0) is 0 Å². The normalized spacial score (nSPS) is 10.9. The van der Waals surface area contributed by atoms with Crippen LogP contribution in [0.4, 0.5) is 10.1 Å². The van der Waals surface area contributed by atoms with Gasteiger partial charge in [0.1, 0.15) is 11.3 Å². The number of anilines is 1. The second-order valence-corrected chi connectivity index (χ2v) is 6.28. The van der Waals surface area contributed by atoms with E-state index >= 15 is 0 Å². The standard InChI is InChI=1S/C21H16FN3O2/c1-13-5-10-18-19(11-13)25(27)20(24-18)15-3-2-4-17(12-15)23-21(26)14-6-8-16(22)9-7-14/h2-12,27H,1H3,(H,23,26). The van der Waals surface area contributed by atoms with E-state index in [1.54, 1.807) is 24.3 Å². The molecular weight excluding hydrogens is 345 g/mol. The molecule has 27 heavy (non-hydrogen) atoms. The number of imidazole rings is 1. The number of aromatic nitrogens is 2. The number of fused-ring (bicyclic) bond motifs is 1. The van der Waals surface area contributed by atoms with Gasteiger partial charge in [0.15, 0.2) is 5.82 Å². The quantitative estimate of drug-likeness (QED) is 0.522. The van der Waals surface area contributed by atoms with Crippen molar-refractivity contribution in [1.29, 1.82) is 0 Å². The molecule has 1 heterocycles. The Bertz CT molecular complexity index is 1150. The highest BCUT2D eigenvalue weighted by Crippen LogP contribution is 2.26. The number of hydrogen-bond donors (Lipinski definition) is 2. The number of aryl methyl sites for hydroxylation is 1. The van der Waals surface area contributed by atoms with E-state index in [1.165, 1.54) is 24.3 Å². The van der Waals surface area contributed by atoms with Gasteiger partial charge in [-0.25, -0.2) is 9.37 Å². The Morgan fingerprint density at radius 2 is 1.85 bits per heavy atom. The predicted molar refractivity (Wildman–Crippen MR) is 101 cm³/mol. The summed E-state index contributed by atoms with van der Waals surface area (Å²) in [4.78, 5) is 16.8. The zero-order valence-electron chi connectivity index (χ0n) is 14.5. The molecule has 0 saturated carbocycles. The molecule has 3 aromatic carbocycles. The second kappa shape index (κ2) is 6.57. The van der Waals surface area contributed by atoms with Crippen molar-refractivity contribution in [2.24, 2.45) is 0 Å². The molecule has 0 aliphatic carbocycles. The van der Waals surface area contributed by atoms with E-state index in [0.29, 0.717) is 33.7 Å². The maximum absolute atomic E-state index is 13.0. The molecule has 0 radical (unpaired) electrons. The van der Waals surface area contributed by atoms with Gasteiger partial charge >= 0.3 is 0 Å². The number of rotatable bonds is 3. The van der Waals surface area contributed by atoms with E-state index in [2.05, 4.69) is 10.3 Å². The third-order valence-electron chi connectivity index (χ3n) is 4.27. The molecule has 6 heteroatoms. The third kappa shape index (κ3) is 3.25. The van der Waals surface area contributed by atoms with E-state index in [0.717, 1.165) is 10.3 Å². The predicted octanol–water partition coefficient (Wildman–Crippen LogP) is 4.64. The Kier molecular flexibility index (Phi) is 4.08. The van der Waals surface area contributed by atoms with Gasteiger partial charge in [-0.05, 0) is 61.0 Å². The summed E-state index contributed by atoms with van der Waals surface area (Å²) in [5, 5.41) is 13.2. The molecule has 0 aliphatic heterocycles. The lowest BCUT2D eigenvalue weighted by molar-refractivity contribution is 0.102. The molecule has 5 nitrogen and oxygen atoms in total. The van der Waals surface area contributed by atoms with Gasteiger partial charge in [0.2, 0.25) is 0 Å². The van der Waals surface area contributed by atoms with Crippen molar-refractivity contribution >= 4 is 22.6 Å². The largest absolute Gasteiger partial charge is 0.426 e. The monoisotopic (exact) mass is 361 g/mol. The molecule has 0 atom stereocenters. The van der Waals surface area contributed by atoms with Crippen LogP contribution in [-0.4, -0.2) is 20.8 Å². The zero-order valence-corrected chi connectivity index (χ0v) is 14.5. The summed E-state index contributed by atoms with van der Waals surface area (Å²) in [5.74, 6) is -0.362. The lowest BCUT2D eigenvalue weighted by atomic mass is 10.1. The smallest absolute Gasteiger partial charge is 0.255 e. The average Bonchev–Trinajstić information content (AvgIpc) is 2.99. The summed E-state index contributed by atoms with van der Waals surface area (Å²) in [6, 6.07) is 18.0. The summed E-state index contributed by atoms with van der Waals surface area (Å²) in [6.45, 7) is 1.94. The molecular formula is C21H16FN3O2. The van der Waals surface area contributed by atoms with Crippen LogP contribution in [0.2, 0.25) is 0 Å². The van der Waals surface area contributed by atoms with Crippen molar-refractivity contribution in [2.45, 2.75) is 6.92 Å². The van der Waals surface area contributed by atoms with Crippen LogP contribution in [0.1, 0.15) is 15.9 Å². The molecule has 4 aromatic rings. The molecule has 2 N–H and O–H groups in total. The molecule has 1 aromatic heterocycles. The van der Waals surface area contributed by atoms with Gasteiger partial charge in [-0.2, -0.15) is 4.73 Å². The highest BCUT2D eigenvalue weighted by molar-refractivity contribution is 6.04. The lowest BCUT2D eigenvalue weighted by Crippen LogP contribution is -2.11.